The second-order valence-corrected chi connectivity index (χ2v) is 8.10. The zero-order chi connectivity index (χ0) is 22.9. The Morgan fingerprint density at radius 1 is 0.935 bits per heavy atom. The van der Waals surface area contributed by atoms with E-state index in [0.717, 1.165) is 11.1 Å². The van der Waals surface area contributed by atoms with E-state index in [2.05, 4.69) is 13.8 Å². The van der Waals surface area contributed by atoms with Crippen LogP contribution in [0.25, 0.3) is 0 Å². The largest absolute Gasteiger partial charge is 0.491 e. The second kappa shape index (κ2) is 11.9. The minimum Gasteiger partial charge on any atom is -0.491 e. The Labute approximate surface area is 189 Å². The molecule has 2 aromatic rings. The van der Waals surface area contributed by atoms with E-state index >= 15 is 0 Å². The van der Waals surface area contributed by atoms with Crippen LogP contribution in [0.15, 0.2) is 48.5 Å². The normalized spacial score (nSPS) is 13.4. The molecule has 170 valence electrons. The van der Waals surface area contributed by atoms with Crippen molar-refractivity contribution in [2.75, 3.05) is 32.8 Å². The summed E-state index contributed by atoms with van der Waals surface area (Å²) < 4.78 is 21.5. The van der Waals surface area contributed by atoms with Gasteiger partial charge in [-0.2, -0.15) is 0 Å². The molecule has 2 aromatic carbocycles. The van der Waals surface area contributed by atoms with Crippen LogP contribution in [0, 0.1) is 0 Å². The standard InChI is InChI=1S/C24H31ClO6/c1-17(26)31-23(15-28-4)16-30-22-11-7-19(8-12-22)24(2,3)18-5-9-21(10-6-18)29-14-20(27)13-25/h5-12,20,23,27H,13-16H2,1-4H3/t20-,23-/m1/s1. The highest BCUT2D eigenvalue weighted by atomic mass is 35.5. The topological polar surface area (TPSA) is 74.2 Å². The van der Waals surface area contributed by atoms with Crippen LogP contribution in [0.1, 0.15) is 31.9 Å². The van der Waals surface area contributed by atoms with Gasteiger partial charge in [0.25, 0.3) is 0 Å². The average Bonchev–Trinajstić information content (AvgIpc) is 2.76. The molecule has 7 heteroatoms. The quantitative estimate of drug-likeness (QED) is 0.390. The fourth-order valence-corrected chi connectivity index (χ4v) is 3.15. The number of hydrogen-bond donors (Lipinski definition) is 1. The number of esters is 1. The molecule has 0 saturated heterocycles. The fraction of sp³-hybridized carbons (Fsp3) is 0.458. The van der Waals surface area contributed by atoms with E-state index in [4.69, 9.17) is 30.5 Å². The molecular weight excluding hydrogens is 420 g/mol. The molecule has 0 aliphatic rings. The molecule has 0 saturated carbocycles. The van der Waals surface area contributed by atoms with Crippen LogP contribution in [0.2, 0.25) is 0 Å². The van der Waals surface area contributed by atoms with Gasteiger partial charge in [0.1, 0.15) is 30.8 Å². The summed E-state index contributed by atoms with van der Waals surface area (Å²) in [4.78, 5) is 11.2. The first-order valence-electron chi connectivity index (χ1n) is 10.1. The van der Waals surface area contributed by atoms with E-state index in [1.165, 1.54) is 6.92 Å². The Balaban J connectivity index is 2.01. The number of aliphatic hydroxyl groups excluding tert-OH is 1. The van der Waals surface area contributed by atoms with E-state index in [1.54, 1.807) is 7.11 Å². The zero-order valence-corrected chi connectivity index (χ0v) is 19.2. The van der Waals surface area contributed by atoms with Gasteiger partial charge in [0.2, 0.25) is 0 Å². The van der Waals surface area contributed by atoms with E-state index in [1.807, 2.05) is 48.5 Å². The number of alkyl halides is 1. The van der Waals surface area contributed by atoms with Crippen LogP contribution in [0.3, 0.4) is 0 Å². The summed E-state index contributed by atoms with van der Waals surface area (Å²) in [6, 6.07) is 15.7. The average molecular weight is 451 g/mol. The Morgan fingerprint density at radius 2 is 1.42 bits per heavy atom. The lowest BCUT2D eigenvalue weighted by molar-refractivity contribution is -0.150. The Bertz CT molecular complexity index is 804. The summed E-state index contributed by atoms with van der Waals surface area (Å²) in [7, 11) is 1.55. The van der Waals surface area contributed by atoms with Gasteiger partial charge in [-0.1, -0.05) is 38.1 Å². The lowest BCUT2D eigenvalue weighted by Crippen LogP contribution is -2.28. The molecule has 0 aliphatic heterocycles. The maximum Gasteiger partial charge on any atom is 0.303 e. The molecule has 0 radical (unpaired) electrons. The smallest absolute Gasteiger partial charge is 0.303 e. The number of carbonyl (C=O) groups is 1. The molecule has 0 bridgehead atoms. The van der Waals surface area contributed by atoms with Crippen LogP contribution < -0.4 is 9.47 Å². The molecule has 0 heterocycles. The maximum absolute atomic E-state index is 11.2. The Kier molecular flexibility index (Phi) is 9.62. The maximum atomic E-state index is 11.2. The first-order valence-corrected chi connectivity index (χ1v) is 10.7. The number of carbonyl (C=O) groups excluding carboxylic acids is 1. The molecule has 2 atom stereocenters. The van der Waals surface area contributed by atoms with Gasteiger partial charge < -0.3 is 24.1 Å². The molecule has 0 amide bonds. The summed E-state index contributed by atoms with van der Waals surface area (Å²) in [6.07, 6.45) is -1.14. The van der Waals surface area contributed by atoms with Crippen molar-refractivity contribution in [2.24, 2.45) is 0 Å². The minimum absolute atomic E-state index is 0.140. The van der Waals surface area contributed by atoms with Crippen molar-refractivity contribution in [1.29, 1.82) is 0 Å². The lowest BCUT2D eigenvalue weighted by atomic mass is 9.78. The summed E-state index contributed by atoms with van der Waals surface area (Å²) in [5.74, 6) is 1.15. The molecule has 31 heavy (non-hydrogen) atoms. The van der Waals surface area contributed by atoms with E-state index in [9.17, 15) is 9.90 Å². The summed E-state index contributed by atoms with van der Waals surface area (Å²) in [5, 5.41) is 9.51. The summed E-state index contributed by atoms with van der Waals surface area (Å²) >= 11 is 5.59. The summed E-state index contributed by atoms with van der Waals surface area (Å²) in [5.41, 5.74) is 2.02. The third-order valence-electron chi connectivity index (χ3n) is 4.89. The van der Waals surface area contributed by atoms with E-state index in [-0.39, 0.29) is 37.1 Å². The van der Waals surface area contributed by atoms with Crippen molar-refractivity contribution >= 4 is 17.6 Å². The molecule has 0 unspecified atom stereocenters. The molecule has 0 aromatic heterocycles. The third kappa shape index (κ3) is 7.73. The summed E-state index contributed by atoms with van der Waals surface area (Å²) in [6.45, 7) is 6.31. The van der Waals surface area contributed by atoms with Crippen molar-refractivity contribution in [1.82, 2.24) is 0 Å². The number of benzene rings is 2. The highest BCUT2D eigenvalue weighted by Gasteiger charge is 2.23. The number of halogens is 1. The fourth-order valence-electron chi connectivity index (χ4n) is 3.07. The first kappa shape index (κ1) is 25.0. The van der Waals surface area contributed by atoms with E-state index < -0.39 is 12.2 Å². The Morgan fingerprint density at radius 3 is 1.84 bits per heavy atom. The van der Waals surface area contributed by atoms with Crippen LogP contribution in [0.4, 0.5) is 0 Å². The molecule has 6 nitrogen and oxygen atoms in total. The van der Waals surface area contributed by atoms with Gasteiger partial charge in [0, 0.05) is 19.4 Å². The number of hydrogen-bond acceptors (Lipinski definition) is 6. The predicted molar refractivity (Wildman–Crippen MR) is 120 cm³/mol. The molecule has 0 fully saturated rings. The van der Waals surface area contributed by atoms with Crippen LogP contribution in [-0.4, -0.2) is 56.1 Å². The van der Waals surface area contributed by atoms with Crippen molar-refractivity contribution in [3.8, 4) is 11.5 Å². The van der Waals surface area contributed by atoms with Crippen molar-refractivity contribution in [3.63, 3.8) is 0 Å². The zero-order valence-electron chi connectivity index (χ0n) is 18.5. The highest BCUT2D eigenvalue weighted by molar-refractivity contribution is 6.18. The molecular formula is C24H31ClO6. The lowest BCUT2D eigenvalue weighted by Gasteiger charge is -2.26. The SMILES string of the molecule is COC[C@H](COc1ccc(C(C)(C)c2ccc(OC[C@H](O)CCl)cc2)cc1)OC(C)=O. The first-order chi connectivity index (χ1) is 14.8. The van der Waals surface area contributed by atoms with Gasteiger partial charge in [0.15, 0.2) is 6.10 Å². The second-order valence-electron chi connectivity index (χ2n) is 7.79. The van der Waals surface area contributed by atoms with Gasteiger partial charge in [-0.25, -0.2) is 0 Å². The number of methoxy groups -OCH3 is 1. The van der Waals surface area contributed by atoms with Gasteiger partial charge in [-0.3, -0.25) is 4.79 Å². The number of aliphatic hydroxyl groups is 1. The van der Waals surface area contributed by atoms with Gasteiger partial charge in [-0.05, 0) is 35.4 Å². The van der Waals surface area contributed by atoms with Gasteiger partial charge in [0.05, 0.1) is 12.5 Å². The van der Waals surface area contributed by atoms with Crippen LogP contribution >= 0.6 is 11.6 Å². The van der Waals surface area contributed by atoms with Crippen molar-refractivity contribution < 1.29 is 28.8 Å². The number of rotatable bonds is 12. The van der Waals surface area contributed by atoms with Crippen molar-refractivity contribution in [3.05, 3.63) is 59.7 Å². The molecule has 0 spiro atoms. The minimum atomic E-state index is -0.683. The third-order valence-corrected chi connectivity index (χ3v) is 5.25. The van der Waals surface area contributed by atoms with Crippen LogP contribution in [0.5, 0.6) is 11.5 Å². The van der Waals surface area contributed by atoms with E-state index in [0.29, 0.717) is 11.5 Å². The monoisotopic (exact) mass is 450 g/mol. The predicted octanol–water partition coefficient (Wildman–Crippen LogP) is 3.95. The van der Waals surface area contributed by atoms with Gasteiger partial charge >= 0.3 is 5.97 Å². The molecule has 0 aliphatic carbocycles. The molecule has 1 N–H and O–H groups in total. The van der Waals surface area contributed by atoms with Crippen LogP contribution in [-0.2, 0) is 19.7 Å². The van der Waals surface area contributed by atoms with Gasteiger partial charge in [-0.15, -0.1) is 11.6 Å². The highest BCUT2D eigenvalue weighted by Crippen LogP contribution is 2.33. The Hall–Kier alpha value is -2.28. The number of ether oxygens (including phenoxy) is 4. The van der Waals surface area contributed by atoms with Crippen molar-refractivity contribution in [2.45, 2.75) is 38.4 Å². The molecule has 2 rings (SSSR count).